The molecule has 3 aromatic rings. The van der Waals surface area contributed by atoms with Crippen LogP contribution in [0.3, 0.4) is 0 Å². The van der Waals surface area contributed by atoms with Crippen LogP contribution in [0.5, 0.6) is 5.75 Å². The van der Waals surface area contributed by atoms with Gasteiger partial charge in [-0.3, -0.25) is 4.98 Å². The van der Waals surface area contributed by atoms with Crippen molar-refractivity contribution in [1.29, 1.82) is 0 Å². The Labute approximate surface area is 134 Å². The minimum Gasteiger partial charge on any atom is -0.489 e. The van der Waals surface area contributed by atoms with Gasteiger partial charge in [-0.15, -0.1) is 0 Å². The molecule has 0 radical (unpaired) electrons. The zero-order valence-electron chi connectivity index (χ0n) is 12.3. The van der Waals surface area contributed by atoms with E-state index >= 15 is 0 Å². The first-order valence-corrected chi connectivity index (χ1v) is 7.18. The lowest BCUT2D eigenvalue weighted by Crippen LogP contribution is -2.00. The number of benzene rings is 2. The fraction of sp³-hybridized carbons (Fsp3) is 0.0526. The number of carboxylic acids is 1. The van der Waals surface area contributed by atoms with E-state index in [9.17, 15) is 9.90 Å². The first kappa shape index (κ1) is 14.8. The van der Waals surface area contributed by atoms with E-state index in [-0.39, 0.29) is 5.56 Å². The summed E-state index contributed by atoms with van der Waals surface area (Å²) in [6, 6.07) is 19.0. The molecule has 4 nitrogen and oxygen atoms in total. The lowest BCUT2D eigenvalue weighted by atomic mass is 10.0. The number of hydrogen-bond donors (Lipinski definition) is 1. The summed E-state index contributed by atoms with van der Waals surface area (Å²) in [7, 11) is 0. The van der Waals surface area contributed by atoms with E-state index in [0.717, 1.165) is 11.1 Å². The Morgan fingerprint density at radius 1 is 1.04 bits per heavy atom. The molecule has 0 aliphatic heterocycles. The number of carbonyl (C=O) groups is 1. The maximum Gasteiger partial charge on any atom is 0.337 e. The van der Waals surface area contributed by atoms with Crippen molar-refractivity contribution < 1.29 is 14.6 Å². The van der Waals surface area contributed by atoms with Gasteiger partial charge in [-0.1, -0.05) is 42.5 Å². The van der Waals surface area contributed by atoms with E-state index in [1.807, 2.05) is 54.6 Å². The van der Waals surface area contributed by atoms with Gasteiger partial charge in [0.2, 0.25) is 0 Å². The first-order valence-electron chi connectivity index (χ1n) is 7.18. The predicted molar refractivity (Wildman–Crippen MR) is 87.4 cm³/mol. The number of rotatable bonds is 5. The molecule has 0 bridgehead atoms. The minimum absolute atomic E-state index is 0.174. The van der Waals surface area contributed by atoms with Crippen molar-refractivity contribution in [1.82, 2.24) is 4.98 Å². The van der Waals surface area contributed by atoms with Crippen LogP contribution in [0.4, 0.5) is 0 Å². The average Bonchev–Trinajstić information content (AvgIpc) is 2.61. The Hall–Kier alpha value is -3.14. The topological polar surface area (TPSA) is 59.4 Å². The number of hydrogen-bond acceptors (Lipinski definition) is 3. The summed E-state index contributed by atoms with van der Waals surface area (Å²) < 4.78 is 5.79. The first-order chi connectivity index (χ1) is 11.2. The van der Waals surface area contributed by atoms with Gasteiger partial charge in [0.1, 0.15) is 12.4 Å². The fourth-order valence-corrected chi connectivity index (χ4v) is 2.31. The SMILES string of the molecule is O=C(O)c1cnccc1-c1cccc(OCc2ccccc2)c1. The second-order valence-corrected chi connectivity index (χ2v) is 5.03. The van der Waals surface area contributed by atoms with Crippen LogP contribution in [0.25, 0.3) is 11.1 Å². The summed E-state index contributed by atoms with van der Waals surface area (Å²) in [5.41, 5.74) is 2.66. The molecule has 23 heavy (non-hydrogen) atoms. The van der Waals surface area contributed by atoms with Crippen LogP contribution < -0.4 is 4.74 Å². The van der Waals surface area contributed by atoms with Crippen LogP contribution in [0.2, 0.25) is 0 Å². The van der Waals surface area contributed by atoms with E-state index < -0.39 is 5.97 Å². The quantitative estimate of drug-likeness (QED) is 0.773. The molecule has 0 aliphatic carbocycles. The van der Waals surface area contributed by atoms with E-state index in [1.54, 1.807) is 12.3 Å². The molecule has 1 aromatic heterocycles. The highest BCUT2D eigenvalue weighted by Crippen LogP contribution is 2.27. The Kier molecular flexibility index (Phi) is 4.34. The normalized spacial score (nSPS) is 10.3. The van der Waals surface area contributed by atoms with Crippen LogP contribution in [-0.4, -0.2) is 16.1 Å². The Balaban J connectivity index is 1.84. The zero-order valence-corrected chi connectivity index (χ0v) is 12.3. The summed E-state index contributed by atoms with van der Waals surface area (Å²) in [4.78, 5) is 15.2. The van der Waals surface area contributed by atoms with Crippen molar-refractivity contribution >= 4 is 5.97 Å². The molecule has 0 amide bonds. The Morgan fingerprint density at radius 2 is 1.87 bits per heavy atom. The lowest BCUT2D eigenvalue weighted by Gasteiger charge is -2.10. The molecular formula is C19H15NO3. The highest BCUT2D eigenvalue weighted by Gasteiger charge is 2.12. The molecule has 2 aromatic carbocycles. The van der Waals surface area contributed by atoms with Gasteiger partial charge < -0.3 is 9.84 Å². The number of aromatic nitrogens is 1. The molecule has 0 saturated carbocycles. The molecule has 1 heterocycles. The monoisotopic (exact) mass is 305 g/mol. The standard InChI is InChI=1S/C19H15NO3/c21-19(22)18-12-20-10-9-17(18)15-7-4-8-16(11-15)23-13-14-5-2-1-3-6-14/h1-12H,13H2,(H,21,22). The lowest BCUT2D eigenvalue weighted by molar-refractivity contribution is 0.0697. The maximum absolute atomic E-state index is 11.3. The second-order valence-electron chi connectivity index (χ2n) is 5.03. The minimum atomic E-state index is -0.997. The molecule has 3 rings (SSSR count). The molecule has 0 saturated heterocycles. The van der Waals surface area contributed by atoms with E-state index in [0.29, 0.717) is 17.9 Å². The third kappa shape index (κ3) is 3.55. The molecular weight excluding hydrogens is 290 g/mol. The Bertz CT molecular complexity index is 816. The van der Waals surface area contributed by atoms with Gasteiger partial charge in [-0.05, 0) is 34.9 Å². The predicted octanol–water partition coefficient (Wildman–Crippen LogP) is 4.03. The molecule has 0 unspecified atom stereocenters. The van der Waals surface area contributed by atoms with Gasteiger partial charge in [-0.25, -0.2) is 4.79 Å². The van der Waals surface area contributed by atoms with Crippen molar-refractivity contribution in [2.45, 2.75) is 6.61 Å². The molecule has 1 N–H and O–H groups in total. The van der Waals surface area contributed by atoms with Gasteiger partial charge in [-0.2, -0.15) is 0 Å². The van der Waals surface area contributed by atoms with Crippen molar-refractivity contribution in [3.8, 4) is 16.9 Å². The van der Waals surface area contributed by atoms with Gasteiger partial charge in [0.25, 0.3) is 0 Å². The van der Waals surface area contributed by atoms with Gasteiger partial charge >= 0.3 is 5.97 Å². The molecule has 0 spiro atoms. The van der Waals surface area contributed by atoms with Crippen LogP contribution in [0, 0.1) is 0 Å². The highest BCUT2D eigenvalue weighted by molar-refractivity contribution is 5.95. The van der Waals surface area contributed by atoms with Crippen LogP contribution in [-0.2, 0) is 6.61 Å². The number of carboxylic acid groups (broad SMARTS) is 1. The fourth-order valence-electron chi connectivity index (χ4n) is 2.31. The maximum atomic E-state index is 11.3. The summed E-state index contributed by atoms with van der Waals surface area (Å²) in [6.45, 7) is 0.465. The van der Waals surface area contributed by atoms with Crippen LogP contribution >= 0.6 is 0 Å². The molecule has 4 heteroatoms. The van der Waals surface area contributed by atoms with Gasteiger partial charge in [0, 0.05) is 12.4 Å². The molecule has 0 aliphatic rings. The number of nitrogens with zero attached hydrogens (tertiary/aromatic N) is 1. The van der Waals surface area contributed by atoms with Crippen molar-refractivity contribution in [3.05, 3.63) is 84.2 Å². The van der Waals surface area contributed by atoms with E-state index in [4.69, 9.17) is 4.74 Å². The smallest absolute Gasteiger partial charge is 0.337 e. The summed E-state index contributed by atoms with van der Waals surface area (Å²) in [5.74, 6) is -0.303. The van der Waals surface area contributed by atoms with Gasteiger partial charge in [0.05, 0.1) is 5.56 Å². The summed E-state index contributed by atoms with van der Waals surface area (Å²) in [6.07, 6.45) is 2.94. The summed E-state index contributed by atoms with van der Waals surface area (Å²) in [5, 5.41) is 9.28. The van der Waals surface area contributed by atoms with Gasteiger partial charge in [0.15, 0.2) is 0 Å². The number of ether oxygens (including phenoxy) is 1. The molecule has 0 atom stereocenters. The van der Waals surface area contributed by atoms with Crippen molar-refractivity contribution in [2.24, 2.45) is 0 Å². The second kappa shape index (κ2) is 6.75. The van der Waals surface area contributed by atoms with Crippen molar-refractivity contribution in [2.75, 3.05) is 0 Å². The number of pyridine rings is 1. The van der Waals surface area contributed by atoms with Crippen LogP contribution in [0.1, 0.15) is 15.9 Å². The van der Waals surface area contributed by atoms with Crippen LogP contribution in [0.15, 0.2) is 73.1 Å². The van der Waals surface area contributed by atoms with E-state index in [1.165, 1.54) is 6.20 Å². The van der Waals surface area contributed by atoms with E-state index in [2.05, 4.69) is 4.98 Å². The van der Waals surface area contributed by atoms with Crippen molar-refractivity contribution in [3.63, 3.8) is 0 Å². The third-order valence-electron chi connectivity index (χ3n) is 3.44. The third-order valence-corrected chi connectivity index (χ3v) is 3.44. The Morgan fingerprint density at radius 3 is 2.65 bits per heavy atom. The largest absolute Gasteiger partial charge is 0.489 e. The molecule has 0 fully saturated rings. The molecule has 114 valence electrons. The number of aromatic carboxylic acids is 1. The average molecular weight is 305 g/mol. The highest BCUT2D eigenvalue weighted by atomic mass is 16.5. The summed E-state index contributed by atoms with van der Waals surface area (Å²) >= 11 is 0. The zero-order chi connectivity index (χ0) is 16.1.